The van der Waals surface area contributed by atoms with E-state index >= 15 is 0 Å². The summed E-state index contributed by atoms with van der Waals surface area (Å²) >= 11 is 0. The van der Waals surface area contributed by atoms with Gasteiger partial charge in [0.05, 0.1) is 10.9 Å². The van der Waals surface area contributed by atoms with Crippen LogP contribution in [0.4, 0.5) is 11.5 Å². The van der Waals surface area contributed by atoms with Crippen molar-refractivity contribution in [3.8, 4) is 0 Å². The van der Waals surface area contributed by atoms with Crippen molar-refractivity contribution in [3.63, 3.8) is 0 Å². The van der Waals surface area contributed by atoms with Crippen molar-refractivity contribution in [2.24, 2.45) is 0 Å². The Balaban J connectivity index is 0.00000361. The molecule has 1 amide bonds. The molecule has 1 N–H and O–H groups in total. The van der Waals surface area contributed by atoms with E-state index in [2.05, 4.69) is 31.7 Å². The molecule has 1 aromatic heterocycles. The van der Waals surface area contributed by atoms with E-state index < -0.39 is 10.0 Å². The third kappa shape index (κ3) is 6.14. The van der Waals surface area contributed by atoms with Gasteiger partial charge in [-0.3, -0.25) is 14.4 Å². The summed E-state index contributed by atoms with van der Waals surface area (Å²) in [7, 11) is 0.142. The van der Waals surface area contributed by atoms with E-state index in [9.17, 15) is 13.2 Å². The summed E-state index contributed by atoms with van der Waals surface area (Å²) in [6.45, 7) is 2.60. The number of carbonyl (C=O) groups is 1. The van der Waals surface area contributed by atoms with Gasteiger partial charge >= 0.3 is 0 Å². The zero-order valence-electron chi connectivity index (χ0n) is 19.9. The summed E-state index contributed by atoms with van der Waals surface area (Å²) < 4.78 is 27.7. The van der Waals surface area contributed by atoms with E-state index in [1.54, 1.807) is 24.3 Å². The second-order valence-corrected chi connectivity index (χ2v) is 10.4. The first-order valence-electron chi connectivity index (χ1n) is 11.5. The number of nitrogens with one attached hydrogen (secondary N) is 1. The van der Waals surface area contributed by atoms with Gasteiger partial charge in [0, 0.05) is 39.5 Å². The SMILES string of the molecule is CN(C)C(Cc1ccccc1)C(=O)N1CCN(c2ccc(S(=O)(=O)Nc3ccncn3)cc2)CC1.[HH]. The van der Waals surface area contributed by atoms with Gasteiger partial charge in [-0.2, -0.15) is 0 Å². The molecule has 3 aromatic rings. The zero-order chi connectivity index (χ0) is 24.8. The van der Waals surface area contributed by atoms with E-state index in [1.165, 1.54) is 18.6 Å². The van der Waals surface area contributed by atoms with Crippen molar-refractivity contribution in [2.75, 3.05) is 49.9 Å². The van der Waals surface area contributed by atoms with Crippen molar-refractivity contribution >= 4 is 27.4 Å². The normalized spacial score (nSPS) is 15.2. The van der Waals surface area contributed by atoms with Crippen LogP contribution in [0.5, 0.6) is 0 Å². The van der Waals surface area contributed by atoms with Crippen molar-refractivity contribution in [2.45, 2.75) is 17.4 Å². The van der Waals surface area contributed by atoms with E-state index in [1.807, 2.05) is 42.1 Å². The number of rotatable bonds is 8. The summed E-state index contributed by atoms with van der Waals surface area (Å²) in [5, 5.41) is 0. The molecule has 2 aromatic carbocycles. The summed E-state index contributed by atoms with van der Waals surface area (Å²) in [5.41, 5.74) is 2.06. The molecule has 1 fully saturated rings. The molecule has 10 heteroatoms. The summed E-state index contributed by atoms with van der Waals surface area (Å²) in [6, 6.07) is 18.1. The molecule has 0 aliphatic carbocycles. The number of likely N-dealkylation sites (N-methyl/N-ethyl adjacent to an activating group) is 1. The summed E-state index contributed by atoms with van der Waals surface area (Å²) in [5.74, 6) is 0.351. The van der Waals surface area contributed by atoms with Gasteiger partial charge in [-0.25, -0.2) is 18.4 Å². The lowest BCUT2D eigenvalue weighted by Crippen LogP contribution is -2.54. The third-order valence-electron chi connectivity index (χ3n) is 6.10. The Bertz CT molecular complexity index is 1220. The van der Waals surface area contributed by atoms with E-state index in [0.29, 0.717) is 32.6 Å². The number of hydrogen-bond donors (Lipinski definition) is 1. The number of piperazine rings is 1. The minimum absolute atomic E-state index is 0. The lowest BCUT2D eigenvalue weighted by Gasteiger charge is -2.38. The molecular formula is C25H32N6O3S. The average Bonchev–Trinajstić information content (AvgIpc) is 2.88. The molecule has 1 aliphatic heterocycles. The van der Waals surface area contributed by atoms with Crippen molar-refractivity contribution < 1.29 is 14.6 Å². The molecule has 0 bridgehead atoms. The quantitative estimate of drug-likeness (QED) is 0.511. The molecule has 4 rings (SSSR count). The fraction of sp³-hybridized carbons (Fsp3) is 0.320. The maximum Gasteiger partial charge on any atom is 0.263 e. The highest BCUT2D eigenvalue weighted by Gasteiger charge is 2.29. The van der Waals surface area contributed by atoms with Gasteiger partial charge in [0.15, 0.2) is 0 Å². The largest absolute Gasteiger partial charge is 0.368 e. The Hall–Kier alpha value is -3.50. The van der Waals surface area contributed by atoms with Crippen molar-refractivity contribution in [3.05, 3.63) is 78.8 Å². The van der Waals surface area contributed by atoms with Crippen LogP contribution in [-0.2, 0) is 21.2 Å². The number of aromatic nitrogens is 2. The van der Waals surface area contributed by atoms with Crippen LogP contribution in [0.2, 0.25) is 0 Å². The number of amides is 1. The van der Waals surface area contributed by atoms with Gasteiger partial charge in [-0.05, 0) is 56.4 Å². The van der Waals surface area contributed by atoms with Gasteiger partial charge in [0.25, 0.3) is 10.0 Å². The Kier molecular flexibility index (Phi) is 7.62. The van der Waals surface area contributed by atoms with Gasteiger partial charge in [-0.1, -0.05) is 30.3 Å². The maximum absolute atomic E-state index is 13.3. The molecule has 1 unspecified atom stereocenters. The molecule has 2 heterocycles. The zero-order valence-corrected chi connectivity index (χ0v) is 20.7. The molecule has 0 radical (unpaired) electrons. The number of benzene rings is 2. The Labute approximate surface area is 207 Å². The second kappa shape index (κ2) is 10.8. The summed E-state index contributed by atoms with van der Waals surface area (Å²) in [6.07, 6.45) is 3.43. The van der Waals surface area contributed by atoms with Crippen molar-refractivity contribution in [1.82, 2.24) is 19.8 Å². The fourth-order valence-corrected chi connectivity index (χ4v) is 5.12. The van der Waals surface area contributed by atoms with Crippen LogP contribution in [0.3, 0.4) is 0 Å². The number of carbonyl (C=O) groups excluding carboxylic acids is 1. The molecule has 35 heavy (non-hydrogen) atoms. The lowest BCUT2D eigenvalue weighted by atomic mass is 10.0. The minimum atomic E-state index is -3.74. The molecular weight excluding hydrogens is 464 g/mol. The number of sulfonamides is 1. The van der Waals surface area contributed by atoms with Gasteiger partial charge in [0.2, 0.25) is 5.91 Å². The van der Waals surface area contributed by atoms with Crippen LogP contribution in [0.25, 0.3) is 0 Å². The predicted molar refractivity (Wildman–Crippen MR) is 138 cm³/mol. The second-order valence-electron chi connectivity index (χ2n) is 8.68. The fourth-order valence-electron chi connectivity index (χ4n) is 4.11. The van der Waals surface area contributed by atoms with Crippen LogP contribution in [0.15, 0.2) is 78.1 Å². The molecule has 186 valence electrons. The first kappa shape index (κ1) is 24.6. The predicted octanol–water partition coefficient (Wildman–Crippen LogP) is 2.34. The Morgan fingerprint density at radius 2 is 1.71 bits per heavy atom. The molecule has 1 saturated heterocycles. The smallest absolute Gasteiger partial charge is 0.263 e. The van der Waals surface area contributed by atoms with E-state index in [4.69, 9.17) is 0 Å². The number of nitrogens with zero attached hydrogens (tertiary/aromatic N) is 5. The van der Waals surface area contributed by atoms with Crippen LogP contribution in [0.1, 0.15) is 6.99 Å². The maximum atomic E-state index is 13.3. The van der Waals surface area contributed by atoms with Crippen LogP contribution in [-0.4, -0.2) is 80.4 Å². The standard InChI is InChI=1S/C25H30N6O3S.H2/c1-29(2)23(18-20-6-4-3-5-7-20)25(32)31-16-14-30(15-17-31)21-8-10-22(11-9-21)35(33,34)28-24-12-13-26-19-27-24;/h3-13,19,23H,14-18H2,1-2H3,(H,26,27,28);1H. The number of hydrogen-bond acceptors (Lipinski definition) is 7. The highest BCUT2D eigenvalue weighted by atomic mass is 32.2. The van der Waals surface area contributed by atoms with Crippen molar-refractivity contribution in [1.29, 1.82) is 0 Å². The van der Waals surface area contributed by atoms with Crippen LogP contribution in [0, 0.1) is 0 Å². The summed E-state index contributed by atoms with van der Waals surface area (Å²) in [4.78, 5) is 27.2. The minimum Gasteiger partial charge on any atom is -0.368 e. The highest BCUT2D eigenvalue weighted by molar-refractivity contribution is 7.92. The van der Waals surface area contributed by atoms with Gasteiger partial charge in [-0.15, -0.1) is 0 Å². The Morgan fingerprint density at radius 1 is 1.03 bits per heavy atom. The van der Waals surface area contributed by atoms with E-state index in [0.717, 1.165) is 11.3 Å². The van der Waals surface area contributed by atoms with E-state index in [-0.39, 0.29) is 24.1 Å². The number of anilines is 2. The molecule has 1 atom stereocenters. The van der Waals surface area contributed by atoms with Crippen LogP contribution >= 0.6 is 0 Å². The third-order valence-corrected chi connectivity index (χ3v) is 7.48. The monoisotopic (exact) mass is 496 g/mol. The first-order valence-corrected chi connectivity index (χ1v) is 12.9. The average molecular weight is 497 g/mol. The van der Waals surface area contributed by atoms with Gasteiger partial charge in [0.1, 0.15) is 12.1 Å². The van der Waals surface area contributed by atoms with Crippen LogP contribution < -0.4 is 9.62 Å². The molecule has 0 spiro atoms. The topological polar surface area (TPSA) is 98.7 Å². The van der Waals surface area contributed by atoms with Gasteiger partial charge < -0.3 is 9.80 Å². The highest BCUT2D eigenvalue weighted by Crippen LogP contribution is 2.21. The Morgan fingerprint density at radius 3 is 2.31 bits per heavy atom. The lowest BCUT2D eigenvalue weighted by molar-refractivity contribution is -0.136. The first-order chi connectivity index (χ1) is 16.8. The molecule has 9 nitrogen and oxygen atoms in total. The molecule has 0 saturated carbocycles. The molecule has 1 aliphatic rings.